The van der Waals surface area contributed by atoms with Crippen molar-refractivity contribution in [1.29, 1.82) is 0 Å². The second-order valence-corrected chi connectivity index (χ2v) is 7.82. The fourth-order valence-corrected chi connectivity index (χ4v) is 3.26. The van der Waals surface area contributed by atoms with Crippen LogP contribution in [-0.2, 0) is 11.2 Å². The van der Waals surface area contributed by atoms with Gasteiger partial charge in [0.2, 0.25) is 5.91 Å². The molecule has 28 heavy (non-hydrogen) atoms. The average Bonchev–Trinajstić information content (AvgIpc) is 3.08. The number of fused-ring (bicyclic) bond motifs is 1. The van der Waals surface area contributed by atoms with Crippen LogP contribution in [0.5, 0.6) is 11.5 Å². The maximum Gasteiger partial charge on any atom is 0.259 e. The van der Waals surface area contributed by atoms with E-state index in [-0.39, 0.29) is 11.8 Å². The SMILES string of the molecule is COc1ccc(C(=O)Nc2ccc3c(c2)N(C(=O)C(C)(C)C)CC3)c(OC)c1. The zero-order chi connectivity index (χ0) is 20.5. The van der Waals surface area contributed by atoms with Crippen LogP contribution in [-0.4, -0.2) is 32.6 Å². The van der Waals surface area contributed by atoms with Crippen LogP contribution in [0.15, 0.2) is 36.4 Å². The molecule has 6 nitrogen and oxygen atoms in total. The lowest BCUT2D eigenvalue weighted by molar-refractivity contribution is -0.125. The lowest BCUT2D eigenvalue weighted by Crippen LogP contribution is -2.38. The van der Waals surface area contributed by atoms with E-state index in [1.807, 2.05) is 39.0 Å². The minimum atomic E-state index is -0.461. The zero-order valence-corrected chi connectivity index (χ0v) is 17.0. The summed E-state index contributed by atoms with van der Waals surface area (Å²) < 4.78 is 10.5. The van der Waals surface area contributed by atoms with Gasteiger partial charge in [-0.2, -0.15) is 0 Å². The third-order valence-electron chi connectivity index (χ3n) is 4.78. The van der Waals surface area contributed by atoms with Crippen LogP contribution in [0.1, 0.15) is 36.7 Å². The zero-order valence-electron chi connectivity index (χ0n) is 17.0. The summed E-state index contributed by atoms with van der Waals surface area (Å²) in [5, 5.41) is 2.90. The first kappa shape index (κ1) is 19.7. The molecule has 0 saturated carbocycles. The Kier molecular flexibility index (Phi) is 5.31. The van der Waals surface area contributed by atoms with Crippen LogP contribution in [0, 0.1) is 5.41 Å². The van der Waals surface area contributed by atoms with E-state index in [0.29, 0.717) is 29.3 Å². The van der Waals surface area contributed by atoms with Crippen molar-refractivity contribution < 1.29 is 19.1 Å². The van der Waals surface area contributed by atoms with Gasteiger partial charge in [0.25, 0.3) is 5.91 Å². The molecule has 2 aromatic carbocycles. The highest BCUT2D eigenvalue weighted by molar-refractivity contribution is 6.07. The third-order valence-corrected chi connectivity index (χ3v) is 4.78. The van der Waals surface area contributed by atoms with Gasteiger partial charge in [0.1, 0.15) is 11.5 Å². The molecule has 3 rings (SSSR count). The first-order valence-corrected chi connectivity index (χ1v) is 9.23. The molecule has 0 aliphatic carbocycles. The smallest absolute Gasteiger partial charge is 0.259 e. The van der Waals surface area contributed by atoms with Crippen molar-refractivity contribution in [3.8, 4) is 11.5 Å². The number of methoxy groups -OCH3 is 2. The molecule has 2 amide bonds. The minimum Gasteiger partial charge on any atom is -0.497 e. The average molecular weight is 382 g/mol. The van der Waals surface area contributed by atoms with E-state index in [9.17, 15) is 9.59 Å². The molecule has 0 radical (unpaired) electrons. The molecule has 1 aliphatic rings. The molecular weight excluding hydrogens is 356 g/mol. The van der Waals surface area contributed by atoms with Crippen LogP contribution >= 0.6 is 0 Å². The first-order valence-electron chi connectivity index (χ1n) is 9.23. The Balaban J connectivity index is 1.85. The number of benzene rings is 2. The summed E-state index contributed by atoms with van der Waals surface area (Å²) in [6, 6.07) is 10.7. The van der Waals surface area contributed by atoms with Crippen molar-refractivity contribution in [3.05, 3.63) is 47.5 Å². The molecule has 0 atom stereocenters. The molecule has 1 N–H and O–H groups in total. The van der Waals surface area contributed by atoms with E-state index >= 15 is 0 Å². The van der Waals surface area contributed by atoms with Gasteiger partial charge >= 0.3 is 0 Å². The number of amides is 2. The summed E-state index contributed by atoms with van der Waals surface area (Å²) in [6.07, 6.45) is 0.817. The van der Waals surface area contributed by atoms with Gasteiger partial charge in [-0.05, 0) is 36.2 Å². The number of hydrogen-bond acceptors (Lipinski definition) is 4. The highest BCUT2D eigenvalue weighted by atomic mass is 16.5. The molecule has 0 spiro atoms. The molecule has 0 saturated heterocycles. The number of anilines is 2. The second-order valence-electron chi connectivity index (χ2n) is 7.82. The molecule has 6 heteroatoms. The van der Waals surface area contributed by atoms with Gasteiger partial charge in [-0.1, -0.05) is 26.8 Å². The lowest BCUT2D eigenvalue weighted by atomic mass is 9.94. The van der Waals surface area contributed by atoms with Crippen molar-refractivity contribution >= 4 is 23.2 Å². The van der Waals surface area contributed by atoms with Crippen molar-refractivity contribution in [2.24, 2.45) is 5.41 Å². The van der Waals surface area contributed by atoms with Crippen molar-refractivity contribution in [2.75, 3.05) is 31.0 Å². The maximum atomic E-state index is 12.8. The first-order chi connectivity index (χ1) is 13.2. The van der Waals surface area contributed by atoms with Crippen LogP contribution < -0.4 is 19.7 Å². The molecular formula is C22H26N2O4. The fourth-order valence-electron chi connectivity index (χ4n) is 3.26. The number of rotatable bonds is 4. The Bertz CT molecular complexity index is 915. The standard InChI is InChI=1S/C22H26N2O4/c1-22(2,3)21(26)24-11-10-14-6-7-15(12-18(14)24)23-20(25)17-9-8-16(27-4)13-19(17)28-5/h6-9,12-13H,10-11H2,1-5H3,(H,23,25). The molecule has 148 valence electrons. The normalized spacial score (nSPS) is 13.1. The Labute approximate surface area is 165 Å². The van der Waals surface area contributed by atoms with Gasteiger partial charge in [0.05, 0.1) is 19.8 Å². The van der Waals surface area contributed by atoms with Crippen LogP contribution in [0.3, 0.4) is 0 Å². The van der Waals surface area contributed by atoms with Crippen molar-refractivity contribution in [3.63, 3.8) is 0 Å². The number of carbonyl (C=O) groups excluding carboxylic acids is 2. The van der Waals surface area contributed by atoms with E-state index in [2.05, 4.69) is 5.32 Å². The Morgan fingerprint density at radius 2 is 1.79 bits per heavy atom. The Morgan fingerprint density at radius 1 is 1.04 bits per heavy atom. The van der Waals surface area contributed by atoms with Gasteiger partial charge in [0, 0.05) is 29.4 Å². The highest BCUT2D eigenvalue weighted by Crippen LogP contribution is 2.34. The minimum absolute atomic E-state index is 0.0755. The predicted molar refractivity (Wildman–Crippen MR) is 109 cm³/mol. The number of carbonyl (C=O) groups is 2. The van der Waals surface area contributed by atoms with Gasteiger partial charge in [-0.25, -0.2) is 0 Å². The molecule has 0 fully saturated rings. The Hall–Kier alpha value is -3.02. The quantitative estimate of drug-likeness (QED) is 0.871. The predicted octanol–water partition coefficient (Wildman–Crippen LogP) is 3.89. The van der Waals surface area contributed by atoms with Gasteiger partial charge in [-0.3, -0.25) is 9.59 Å². The monoisotopic (exact) mass is 382 g/mol. The largest absolute Gasteiger partial charge is 0.497 e. The van der Waals surface area contributed by atoms with Crippen molar-refractivity contribution in [1.82, 2.24) is 0 Å². The van der Waals surface area contributed by atoms with Gasteiger partial charge < -0.3 is 19.7 Å². The number of hydrogen-bond donors (Lipinski definition) is 1. The second kappa shape index (κ2) is 7.54. The Morgan fingerprint density at radius 3 is 2.43 bits per heavy atom. The van der Waals surface area contributed by atoms with Crippen LogP contribution in [0.2, 0.25) is 0 Å². The molecule has 2 aromatic rings. The summed E-state index contributed by atoms with van der Waals surface area (Å²) in [7, 11) is 3.07. The molecule has 1 aliphatic heterocycles. The molecule has 0 bridgehead atoms. The summed E-state index contributed by atoms with van der Waals surface area (Å²) in [5.41, 5.74) is 2.55. The van der Waals surface area contributed by atoms with E-state index in [1.165, 1.54) is 7.11 Å². The van der Waals surface area contributed by atoms with E-state index < -0.39 is 5.41 Å². The van der Waals surface area contributed by atoms with E-state index in [4.69, 9.17) is 9.47 Å². The highest BCUT2D eigenvalue weighted by Gasteiger charge is 2.32. The van der Waals surface area contributed by atoms with Gasteiger partial charge in [-0.15, -0.1) is 0 Å². The molecule has 1 heterocycles. The van der Waals surface area contributed by atoms with Gasteiger partial charge in [0.15, 0.2) is 0 Å². The van der Waals surface area contributed by atoms with Crippen molar-refractivity contribution in [2.45, 2.75) is 27.2 Å². The van der Waals surface area contributed by atoms with Crippen LogP contribution in [0.25, 0.3) is 0 Å². The van der Waals surface area contributed by atoms with E-state index in [0.717, 1.165) is 17.7 Å². The molecule has 0 unspecified atom stereocenters. The summed E-state index contributed by atoms with van der Waals surface area (Å²) >= 11 is 0. The fraction of sp³-hybridized carbons (Fsp3) is 0.364. The van der Waals surface area contributed by atoms with Crippen LogP contribution in [0.4, 0.5) is 11.4 Å². The summed E-state index contributed by atoms with van der Waals surface area (Å²) in [6.45, 7) is 6.40. The number of nitrogens with one attached hydrogen (secondary N) is 1. The summed E-state index contributed by atoms with van der Waals surface area (Å²) in [4.78, 5) is 27.3. The number of ether oxygens (including phenoxy) is 2. The number of nitrogens with zero attached hydrogens (tertiary/aromatic N) is 1. The molecule has 0 aromatic heterocycles. The topological polar surface area (TPSA) is 67.9 Å². The lowest BCUT2D eigenvalue weighted by Gasteiger charge is -2.26. The maximum absolute atomic E-state index is 12.8. The third kappa shape index (κ3) is 3.81. The summed E-state index contributed by atoms with van der Waals surface area (Å²) in [5.74, 6) is 0.836. The van der Waals surface area contributed by atoms with E-state index in [1.54, 1.807) is 30.2 Å².